The van der Waals surface area contributed by atoms with Crippen molar-refractivity contribution in [1.29, 1.82) is 0 Å². The molecule has 0 aromatic heterocycles. The third kappa shape index (κ3) is 10.5. The van der Waals surface area contributed by atoms with Crippen LogP contribution in [0, 0.1) is 23.7 Å². The van der Waals surface area contributed by atoms with E-state index in [1.54, 1.807) is 45.1 Å². The Bertz CT molecular complexity index is 1160. The van der Waals surface area contributed by atoms with Crippen molar-refractivity contribution < 1.29 is 63.2 Å². The van der Waals surface area contributed by atoms with E-state index >= 15 is 0 Å². The number of aliphatic hydroxyl groups is 4. The lowest BCUT2D eigenvalue weighted by atomic mass is 9.82. The van der Waals surface area contributed by atoms with E-state index in [0.717, 1.165) is 0 Å². The molecule has 13 heteroatoms. The van der Waals surface area contributed by atoms with Crippen LogP contribution in [-0.4, -0.2) is 126 Å². The molecule has 49 heavy (non-hydrogen) atoms. The van der Waals surface area contributed by atoms with E-state index in [1.807, 2.05) is 20.8 Å². The van der Waals surface area contributed by atoms with Crippen LogP contribution >= 0.6 is 0 Å². The molecule has 0 bridgehead atoms. The van der Waals surface area contributed by atoms with Crippen LogP contribution in [0.2, 0.25) is 0 Å². The van der Waals surface area contributed by atoms with E-state index in [4.69, 9.17) is 33.2 Å². The molecule has 0 aromatic carbocycles. The van der Waals surface area contributed by atoms with Gasteiger partial charge >= 0.3 is 5.97 Å². The van der Waals surface area contributed by atoms with Crippen molar-refractivity contribution in [3.63, 3.8) is 0 Å². The van der Waals surface area contributed by atoms with E-state index in [9.17, 15) is 30.0 Å². The van der Waals surface area contributed by atoms with Crippen molar-refractivity contribution in [3.8, 4) is 0 Å². The largest absolute Gasteiger partial charge is 0.459 e. The lowest BCUT2D eigenvalue weighted by molar-refractivity contribution is -0.322. The zero-order chi connectivity index (χ0) is 36.6. The molecule has 280 valence electrons. The zero-order valence-corrected chi connectivity index (χ0v) is 30.2. The number of ether oxygens (including phenoxy) is 7. The maximum atomic E-state index is 13.1. The maximum absolute atomic E-state index is 13.1. The number of ketones is 1. The number of allylic oxidation sites excluding steroid dienone is 3. The third-order valence-electron chi connectivity index (χ3n) is 9.98. The topological polar surface area (TPSA) is 180 Å². The van der Waals surface area contributed by atoms with Gasteiger partial charge in [0.1, 0.15) is 36.1 Å². The number of methoxy groups -OCH3 is 2. The van der Waals surface area contributed by atoms with Crippen LogP contribution in [0.3, 0.4) is 0 Å². The minimum Gasteiger partial charge on any atom is -0.459 e. The van der Waals surface area contributed by atoms with Gasteiger partial charge in [0.05, 0.1) is 31.0 Å². The molecule has 3 rings (SSSR count). The highest BCUT2D eigenvalue weighted by Gasteiger charge is 2.52. The molecule has 0 aliphatic carbocycles. The summed E-state index contributed by atoms with van der Waals surface area (Å²) in [4.78, 5) is 26.2. The summed E-state index contributed by atoms with van der Waals surface area (Å²) in [6.07, 6.45) is 0.362. The van der Waals surface area contributed by atoms with Gasteiger partial charge in [-0.25, -0.2) is 4.79 Å². The van der Waals surface area contributed by atoms with E-state index < -0.39 is 90.9 Å². The Balaban J connectivity index is 1.83. The smallest absolute Gasteiger partial charge is 0.330 e. The number of carbonyl (C=O) groups excluding carboxylic acids is 2. The molecule has 16 atom stereocenters. The normalized spacial score (nSPS) is 43.7. The number of esters is 1. The Morgan fingerprint density at radius 1 is 0.898 bits per heavy atom. The molecule has 2 saturated heterocycles. The Kier molecular flexibility index (Phi) is 15.6. The lowest BCUT2D eigenvalue weighted by Crippen LogP contribution is -2.63. The summed E-state index contributed by atoms with van der Waals surface area (Å²) in [6, 6.07) is 0. The molecule has 13 nitrogen and oxygen atoms in total. The standard InChI is InChI=1S/C36H58O13/c1-19-14-15-28(39)47-23(5)26(18-45-34-32(44-9)31(43-8)29(40)24(6)48-34)12-10-11-13-27(38)20(2)16-21(3)30(19)49-35-33(41)36(42,25(7)37)17-22(4)46-35/h10-15,19-26,29-35,37,40-42H,16-18H2,1-9H3/t19-,20+,21-,22+,23+,24+,25-,26+,29+,30+,31+,32+,33-,34+,35-,36-/m0/s1. The maximum Gasteiger partial charge on any atom is 0.330 e. The van der Waals surface area contributed by atoms with Crippen molar-refractivity contribution in [1.82, 2.24) is 0 Å². The predicted octanol–water partition coefficient (Wildman–Crippen LogP) is 2.23. The van der Waals surface area contributed by atoms with Crippen molar-refractivity contribution in [2.24, 2.45) is 23.7 Å². The van der Waals surface area contributed by atoms with Gasteiger partial charge < -0.3 is 53.6 Å². The van der Waals surface area contributed by atoms with Crippen LogP contribution < -0.4 is 0 Å². The Morgan fingerprint density at radius 3 is 2.20 bits per heavy atom. The first-order valence-electron chi connectivity index (χ1n) is 17.2. The summed E-state index contributed by atoms with van der Waals surface area (Å²) < 4.78 is 41.0. The van der Waals surface area contributed by atoms with Crippen molar-refractivity contribution in [2.45, 2.75) is 134 Å². The van der Waals surface area contributed by atoms with E-state index in [-0.39, 0.29) is 30.6 Å². The number of aliphatic hydroxyl groups excluding tert-OH is 3. The van der Waals surface area contributed by atoms with E-state index in [2.05, 4.69) is 0 Å². The van der Waals surface area contributed by atoms with Crippen LogP contribution in [-0.2, 0) is 42.7 Å². The Morgan fingerprint density at radius 2 is 1.57 bits per heavy atom. The van der Waals surface area contributed by atoms with Crippen LogP contribution in [0.25, 0.3) is 0 Å². The van der Waals surface area contributed by atoms with Crippen LogP contribution in [0.1, 0.15) is 61.3 Å². The van der Waals surface area contributed by atoms with Gasteiger partial charge in [-0.2, -0.15) is 0 Å². The van der Waals surface area contributed by atoms with Crippen molar-refractivity contribution in [3.05, 3.63) is 36.5 Å². The fourth-order valence-electron chi connectivity index (χ4n) is 6.80. The number of carbonyl (C=O) groups is 2. The zero-order valence-electron chi connectivity index (χ0n) is 30.2. The molecular formula is C36H58O13. The highest BCUT2D eigenvalue weighted by atomic mass is 16.7. The average molecular weight is 699 g/mol. The summed E-state index contributed by atoms with van der Waals surface area (Å²) in [5.41, 5.74) is -1.84. The van der Waals surface area contributed by atoms with Gasteiger partial charge in [-0.1, -0.05) is 45.1 Å². The first-order valence-corrected chi connectivity index (χ1v) is 17.2. The monoisotopic (exact) mass is 698 g/mol. The Labute approximate surface area is 290 Å². The Hall–Kier alpha value is -2.04. The summed E-state index contributed by atoms with van der Waals surface area (Å²) in [7, 11) is 2.95. The molecule has 0 radical (unpaired) electrons. The quantitative estimate of drug-likeness (QED) is 0.272. The minimum absolute atomic E-state index is 0.0142. The minimum atomic E-state index is -1.84. The molecule has 3 aliphatic heterocycles. The van der Waals surface area contributed by atoms with Crippen LogP contribution in [0.5, 0.6) is 0 Å². The van der Waals surface area contributed by atoms with E-state index in [0.29, 0.717) is 6.42 Å². The second kappa shape index (κ2) is 18.5. The van der Waals surface area contributed by atoms with Gasteiger partial charge in [-0.05, 0) is 46.1 Å². The van der Waals surface area contributed by atoms with Gasteiger partial charge in [0.25, 0.3) is 0 Å². The molecule has 2 fully saturated rings. The van der Waals surface area contributed by atoms with Crippen LogP contribution in [0.15, 0.2) is 36.5 Å². The number of rotatable bonds is 8. The number of hydrogen-bond donors (Lipinski definition) is 4. The molecule has 3 heterocycles. The molecule has 0 unspecified atom stereocenters. The summed E-state index contributed by atoms with van der Waals surface area (Å²) >= 11 is 0. The second-order valence-electron chi connectivity index (χ2n) is 14.0. The summed E-state index contributed by atoms with van der Waals surface area (Å²) in [5.74, 6) is -2.21. The van der Waals surface area contributed by atoms with Gasteiger partial charge in [0.15, 0.2) is 18.4 Å². The molecule has 0 saturated carbocycles. The first kappa shape index (κ1) is 41.4. The molecule has 3 aliphatic rings. The van der Waals surface area contributed by atoms with Gasteiger partial charge in [-0.3, -0.25) is 4.79 Å². The SMILES string of the molecule is CO[C@@H]1[C@H](O)[C@@H](C)O[C@@H](OC[C@H]2C=CC=CC(=O)[C@H](C)C[C@H](C)[C@H](O[C@@H]3O[C@H](C)C[C@](O)([C@H](C)O)[C@H]3O)[C@@H](C)C=CC(=O)O[C@@H]2C)[C@@H]1OC. The third-order valence-corrected chi connectivity index (χ3v) is 9.98. The highest BCUT2D eigenvalue weighted by Crippen LogP contribution is 2.36. The fourth-order valence-corrected chi connectivity index (χ4v) is 6.80. The predicted molar refractivity (Wildman–Crippen MR) is 178 cm³/mol. The molecule has 0 spiro atoms. The van der Waals surface area contributed by atoms with Gasteiger partial charge in [0, 0.05) is 44.5 Å². The molecule has 4 N–H and O–H groups in total. The summed E-state index contributed by atoms with van der Waals surface area (Å²) in [5, 5.41) is 42.9. The van der Waals surface area contributed by atoms with Crippen molar-refractivity contribution >= 4 is 11.8 Å². The average Bonchev–Trinajstić information content (AvgIpc) is 3.04. The second-order valence-corrected chi connectivity index (χ2v) is 14.0. The highest BCUT2D eigenvalue weighted by molar-refractivity contribution is 5.91. The lowest BCUT2D eigenvalue weighted by Gasteiger charge is -2.47. The van der Waals surface area contributed by atoms with Gasteiger partial charge in [-0.15, -0.1) is 0 Å². The van der Waals surface area contributed by atoms with Crippen LogP contribution in [0.4, 0.5) is 0 Å². The molecular weight excluding hydrogens is 640 g/mol. The van der Waals surface area contributed by atoms with E-state index in [1.165, 1.54) is 33.3 Å². The first-order chi connectivity index (χ1) is 23.0. The molecule has 0 aromatic rings. The van der Waals surface area contributed by atoms with Gasteiger partial charge in [0.2, 0.25) is 0 Å². The number of cyclic esters (lactones) is 1. The fraction of sp³-hybridized carbons (Fsp3) is 0.778. The van der Waals surface area contributed by atoms with Crippen molar-refractivity contribution in [2.75, 3.05) is 20.8 Å². The number of hydrogen-bond acceptors (Lipinski definition) is 13. The molecule has 0 amide bonds. The summed E-state index contributed by atoms with van der Waals surface area (Å²) in [6.45, 7) is 12.2.